The van der Waals surface area contributed by atoms with E-state index < -0.39 is 5.97 Å². The van der Waals surface area contributed by atoms with Gasteiger partial charge in [0.15, 0.2) is 5.57 Å². The lowest BCUT2D eigenvalue weighted by Crippen LogP contribution is -2.15. The second-order valence-electron chi connectivity index (χ2n) is 4.71. The van der Waals surface area contributed by atoms with Gasteiger partial charge in [0, 0.05) is 17.2 Å². The van der Waals surface area contributed by atoms with E-state index in [1.807, 2.05) is 0 Å². The number of carboxylic acid groups (broad SMARTS) is 1. The summed E-state index contributed by atoms with van der Waals surface area (Å²) in [5, 5.41) is 9.97. The normalized spacial score (nSPS) is 13.1. The number of nitrogens with zero attached hydrogens (tertiary/aromatic N) is 1. The fourth-order valence-corrected chi connectivity index (χ4v) is 2.56. The van der Waals surface area contributed by atoms with Crippen LogP contribution >= 0.6 is 0 Å². The van der Waals surface area contributed by atoms with E-state index in [4.69, 9.17) is 0 Å². The topological polar surface area (TPSA) is 59.3 Å². The molecule has 0 amide bonds. The molecular formula is C17H12NO3+. The van der Waals surface area contributed by atoms with E-state index in [2.05, 4.69) is 6.08 Å². The molecule has 102 valence electrons. The summed E-state index contributed by atoms with van der Waals surface area (Å²) in [5.74, 6) is -1.28. The quantitative estimate of drug-likeness (QED) is 0.858. The predicted molar refractivity (Wildman–Crippen MR) is 79.3 cm³/mol. The van der Waals surface area contributed by atoms with Gasteiger partial charge in [-0.1, -0.05) is 18.2 Å². The van der Waals surface area contributed by atoms with Gasteiger partial charge in [-0.25, -0.2) is 4.79 Å². The Morgan fingerprint density at radius 1 is 1.24 bits per heavy atom. The Bertz CT molecular complexity index is 850. The smallest absolute Gasteiger partial charge is 0.338 e. The largest absolute Gasteiger partial charge is 0.478 e. The number of carbonyl (C=O) groups excluding carboxylic acids is 1. The predicted octanol–water partition coefficient (Wildman–Crippen LogP) is 3.14. The molecule has 21 heavy (non-hydrogen) atoms. The van der Waals surface area contributed by atoms with Crippen LogP contribution in [0.4, 0.5) is 0 Å². The van der Waals surface area contributed by atoms with Gasteiger partial charge in [0.25, 0.3) is 5.91 Å². The number of allylic oxidation sites excluding steroid dienone is 6. The van der Waals surface area contributed by atoms with Crippen molar-refractivity contribution >= 4 is 22.8 Å². The minimum absolute atomic E-state index is 0.168. The third kappa shape index (κ3) is 1.98. The number of fused-ring (bicyclic) bond motifs is 1. The molecule has 0 spiro atoms. The summed E-state index contributed by atoms with van der Waals surface area (Å²) in [6.45, 7) is 1.65. The first-order chi connectivity index (χ1) is 10.1. The molecule has 1 N–H and O–H groups in total. The first-order valence-electron chi connectivity index (χ1n) is 6.45. The molecule has 0 saturated carbocycles. The summed E-state index contributed by atoms with van der Waals surface area (Å²) in [5.41, 5.74) is 1.70. The van der Waals surface area contributed by atoms with Crippen molar-refractivity contribution in [3.05, 3.63) is 71.5 Å². The van der Waals surface area contributed by atoms with Crippen molar-refractivity contribution in [2.24, 2.45) is 0 Å². The van der Waals surface area contributed by atoms with Gasteiger partial charge in [0.2, 0.25) is 0 Å². The van der Waals surface area contributed by atoms with Crippen LogP contribution in [0.3, 0.4) is 0 Å². The van der Waals surface area contributed by atoms with Crippen molar-refractivity contribution in [1.29, 1.82) is 0 Å². The molecule has 1 aromatic heterocycles. The molecule has 1 aliphatic rings. The van der Waals surface area contributed by atoms with Gasteiger partial charge < -0.3 is 5.11 Å². The number of carboxylic acids is 1. The van der Waals surface area contributed by atoms with Crippen LogP contribution in [0.15, 0.2) is 54.1 Å². The van der Waals surface area contributed by atoms with Gasteiger partial charge in [-0.3, -0.25) is 9.36 Å². The second kappa shape index (κ2) is 4.85. The molecule has 4 heteroatoms. The lowest BCUT2D eigenvalue weighted by Gasteiger charge is -2.05. The van der Waals surface area contributed by atoms with Crippen molar-refractivity contribution in [3.8, 4) is 0 Å². The molecule has 0 saturated heterocycles. The zero-order valence-corrected chi connectivity index (χ0v) is 11.3. The molecule has 0 bridgehead atoms. The minimum Gasteiger partial charge on any atom is -0.478 e. The van der Waals surface area contributed by atoms with Gasteiger partial charge >= 0.3 is 5.97 Å². The number of carbonyl (C=O) groups is 2. The molecule has 2 aromatic rings. The van der Waals surface area contributed by atoms with Crippen molar-refractivity contribution in [2.75, 3.05) is 0 Å². The van der Waals surface area contributed by atoms with Crippen molar-refractivity contribution in [2.45, 2.75) is 6.92 Å². The fraction of sp³-hybridized carbons (Fsp3) is 0.0588. The Morgan fingerprint density at radius 2 is 2.00 bits per heavy atom. The van der Waals surface area contributed by atoms with Gasteiger partial charge in [0.05, 0.1) is 23.2 Å². The average Bonchev–Trinajstić information content (AvgIpc) is 2.79. The molecule has 0 unspecified atom stereocenters. The third-order valence-electron chi connectivity index (χ3n) is 3.49. The van der Waals surface area contributed by atoms with E-state index in [9.17, 15) is 14.7 Å². The maximum atomic E-state index is 12.7. The van der Waals surface area contributed by atoms with Crippen LogP contribution < -0.4 is 0 Å². The summed E-state index contributed by atoms with van der Waals surface area (Å²) >= 11 is 0. The molecule has 1 aliphatic carbocycles. The summed E-state index contributed by atoms with van der Waals surface area (Å²) in [7, 11) is 0. The highest BCUT2D eigenvalue weighted by Crippen LogP contribution is 2.27. The van der Waals surface area contributed by atoms with Crippen molar-refractivity contribution < 1.29 is 14.7 Å². The van der Waals surface area contributed by atoms with Crippen LogP contribution in [0.5, 0.6) is 0 Å². The Hall–Kier alpha value is -2.97. The molecule has 0 aliphatic heterocycles. The van der Waals surface area contributed by atoms with E-state index in [0.29, 0.717) is 22.2 Å². The van der Waals surface area contributed by atoms with E-state index in [1.165, 1.54) is 4.57 Å². The molecule has 4 nitrogen and oxygen atoms in total. The zero-order chi connectivity index (χ0) is 15.0. The average molecular weight is 278 g/mol. The van der Waals surface area contributed by atoms with E-state index in [0.717, 1.165) is 0 Å². The highest BCUT2D eigenvalue weighted by atomic mass is 16.4. The number of hydrogen-bond donors (Lipinski definition) is 1. The van der Waals surface area contributed by atoms with Crippen molar-refractivity contribution in [3.63, 3.8) is 0 Å². The Balaban J connectivity index is 2.28. The lowest BCUT2D eigenvalue weighted by molar-refractivity contribution is 0.0698. The SMILES string of the molecule is Cc1c(C(=O)O)c2ccccc2n1C(=O)C1=CC=[C+]C=C1. The number of hydrogen-bond acceptors (Lipinski definition) is 2. The molecule has 0 fully saturated rings. The van der Waals surface area contributed by atoms with E-state index in [1.54, 1.807) is 55.5 Å². The maximum Gasteiger partial charge on any atom is 0.338 e. The fourth-order valence-electron chi connectivity index (χ4n) is 2.56. The second-order valence-corrected chi connectivity index (χ2v) is 4.71. The molecule has 1 aromatic carbocycles. The first-order valence-corrected chi connectivity index (χ1v) is 6.45. The van der Waals surface area contributed by atoms with Gasteiger partial charge in [-0.2, -0.15) is 0 Å². The van der Waals surface area contributed by atoms with Crippen LogP contribution in [0, 0.1) is 13.0 Å². The standard InChI is InChI=1S/C17H11NO3/c1-11-15(17(20)21)13-9-5-6-10-14(13)18(11)16(19)12-7-3-2-4-8-12/h3-10H,1H3/p+1. The Morgan fingerprint density at radius 3 is 2.67 bits per heavy atom. The summed E-state index contributed by atoms with van der Waals surface area (Å²) in [4.78, 5) is 24.2. The number of aromatic nitrogens is 1. The molecule has 0 atom stereocenters. The van der Waals surface area contributed by atoms with Crippen LogP contribution in [0.25, 0.3) is 10.9 Å². The van der Waals surface area contributed by atoms with Crippen LogP contribution in [-0.2, 0) is 0 Å². The van der Waals surface area contributed by atoms with Gasteiger partial charge in [-0.15, -0.1) is 0 Å². The van der Waals surface area contributed by atoms with E-state index in [-0.39, 0.29) is 11.5 Å². The third-order valence-corrected chi connectivity index (χ3v) is 3.49. The highest BCUT2D eigenvalue weighted by Gasteiger charge is 2.25. The lowest BCUT2D eigenvalue weighted by atomic mass is 10.1. The Labute approximate surface area is 121 Å². The first kappa shape index (κ1) is 13.0. The van der Waals surface area contributed by atoms with Gasteiger partial charge in [0.1, 0.15) is 12.2 Å². The number of rotatable bonds is 2. The number of para-hydroxylation sites is 1. The minimum atomic E-state index is -1.03. The van der Waals surface area contributed by atoms with Crippen LogP contribution in [-0.4, -0.2) is 21.6 Å². The van der Waals surface area contributed by atoms with Crippen molar-refractivity contribution in [1.82, 2.24) is 4.57 Å². The van der Waals surface area contributed by atoms with Gasteiger partial charge in [-0.05, 0) is 13.0 Å². The number of benzene rings is 1. The van der Waals surface area contributed by atoms with Crippen LogP contribution in [0.2, 0.25) is 0 Å². The monoisotopic (exact) mass is 278 g/mol. The zero-order valence-electron chi connectivity index (χ0n) is 11.3. The molecular weight excluding hydrogens is 266 g/mol. The Kier molecular flexibility index (Phi) is 3.01. The van der Waals surface area contributed by atoms with E-state index >= 15 is 0 Å². The van der Waals surface area contributed by atoms with Crippen LogP contribution in [0.1, 0.15) is 20.8 Å². The molecule has 0 radical (unpaired) electrons. The summed E-state index contributed by atoms with van der Waals surface area (Å²) < 4.78 is 1.45. The molecule has 1 heterocycles. The number of aromatic carboxylic acids is 1. The highest BCUT2D eigenvalue weighted by molar-refractivity contribution is 6.11. The summed E-state index contributed by atoms with van der Waals surface area (Å²) in [6.07, 6.45) is 9.50. The molecule has 3 rings (SSSR count). The maximum absolute atomic E-state index is 12.7. The summed E-state index contributed by atoms with van der Waals surface area (Å²) in [6, 6.07) is 7.02.